The lowest BCUT2D eigenvalue weighted by atomic mass is 10.1. The van der Waals surface area contributed by atoms with E-state index in [2.05, 4.69) is 32.2 Å². The minimum absolute atomic E-state index is 0.272. The van der Waals surface area contributed by atoms with Crippen LogP contribution in [0.3, 0.4) is 0 Å². The molecule has 0 radical (unpaired) electrons. The van der Waals surface area contributed by atoms with E-state index in [1.54, 1.807) is 43.7 Å². The molecule has 1 aromatic carbocycles. The Bertz CT molecular complexity index is 1140. The van der Waals surface area contributed by atoms with Crippen molar-refractivity contribution in [3.63, 3.8) is 0 Å². The molecule has 1 atom stereocenters. The highest BCUT2D eigenvalue weighted by atomic mass is 35.5. The monoisotopic (exact) mass is 411 g/mol. The molecule has 2 aliphatic rings. The van der Waals surface area contributed by atoms with Crippen LogP contribution < -0.4 is 11.2 Å². The normalized spacial score (nSPS) is 19.8. The van der Waals surface area contributed by atoms with Gasteiger partial charge in [0.25, 0.3) is 11.7 Å². The van der Waals surface area contributed by atoms with Crippen LogP contribution in [0.25, 0.3) is 0 Å². The maximum absolute atomic E-state index is 14.1. The number of benzene rings is 1. The zero-order chi connectivity index (χ0) is 20.4. The second-order valence-electron chi connectivity index (χ2n) is 6.44. The summed E-state index contributed by atoms with van der Waals surface area (Å²) >= 11 is 6.06. The molecule has 2 aromatic rings. The maximum Gasteiger partial charge on any atom is 0.300 e. The summed E-state index contributed by atoms with van der Waals surface area (Å²) in [5, 5.41) is 7.81. The van der Waals surface area contributed by atoms with Crippen LogP contribution in [-0.4, -0.2) is 29.1 Å². The van der Waals surface area contributed by atoms with E-state index in [9.17, 15) is 4.39 Å². The third kappa shape index (κ3) is 3.90. The third-order valence-corrected chi connectivity index (χ3v) is 4.69. The number of aryl methyl sites for hydroxylation is 1. The first kappa shape index (κ1) is 19.2. The summed E-state index contributed by atoms with van der Waals surface area (Å²) in [4.78, 5) is 8.60. The predicted octanol–water partition coefficient (Wildman–Crippen LogP) is 2.86. The lowest BCUT2D eigenvalue weighted by Gasteiger charge is -2.17. The molecule has 2 aliphatic heterocycles. The number of furan rings is 1. The topological polar surface area (TPSA) is 88.3 Å². The number of aliphatic imine (C=N–C) groups is 2. The first-order chi connectivity index (χ1) is 14.0. The Morgan fingerprint density at radius 3 is 3.00 bits per heavy atom. The van der Waals surface area contributed by atoms with Crippen LogP contribution in [0.1, 0.15) is 16.9 Å². The van der Waals surface area contributed by atoms with E-state index in [-0.39, 0.29) is 17.1 Å². The number of rotatable bonds is 4. The molecule has 0 bridgehead atoms. The predicted molar refractivity (Wildman–Crippen MR) is 109 cm³/mol. The number of hydrogen-bond donors (Lipinski definition) is 2. The van der Waals surface area contributed by atoms with Gasteiger partial charge in [-0.05, 0) is 46.4 Å². The largest absolute Gasteiger partial charge is 0.461 e. The molecule has 0 spiro atoms. The average Bonchev–Trinajstić information content (AvgIpc) is 3.34. The summed E-state index contributed by atoms with van der Waals surface area (Å²) in [6, 6.07) is 6.83. The molecule has 1 unspecified atom stereocenters. The SMILES string of the molecule is Cc1ccc(Cl)c(CNCC#CC2=C[N+]3(N)N=C(c4ccco4)N=C3C=N2)c1F. The van der Waals surface area contributed by atoms with Crippen molar-refractivity contribution < 1.29 is 13.5 Å². The zero-order valence-corrected chi connectivity index (χ0v) is 16.2. The minimum atomic E-state index is -0.374. The summed E-state index contributed by atoms with van der Waals surface area (Å²) in [5.41, 5.74) is 1.43. The lowest BCUT2D eigenvalue weighted by Crippen LogP contribution is -2.50. The molecule has 1 aromatic heterocycles. The fourth-order valence-corrected chi connectivity index (χ4v) is 3.03. The molecule has 29 heavy (non-hydrogen) atoms. The Balaban J connectivity index is 1.41. The van der Waals surface area contributed by atoms with Crippen LogP contribution in [0.4, 0.5) is 4.39 Å². The van der Waals surface area contributed by atoms with Crippen LogP contribution in [0.15, 0.2) is 61.9 Å². The summed E-state index contributed by atoms with van der Waals surface area (Å²) in [6.07, 6.45) is 4.66. The Labute approximate surface area is 171 Å². The van der Waals surface area contributed by atoms with Gasteiger partial charge < -0.3 is 9.73 Å². The van der Waals surface area contributed by atoms with Crippen molar-refractivity contribution in [2.24, 2.45) is 20.9 Å². The highest BCUT2D eigenvalue weighted by Crippen LogP contribution is 2.22. The van der Waals surface area contributed by atoms with Crippen molar-refractivity contribution in [1.82, 2.24) is 5.32 Å². The van der Waals surface area contributed by atoms with Gasteiger partial charge >= 0.3 is 0 Å². The van der Waals surface area contributed by atoms with E-state index in [4.69, 9.17) is 21.9 Å². The van der Waals surface area contributed by atoms with Crippen molar-refractivity contribution in [2.75, 3.05) is 6.54 Å². The molecular formula is C20H17ClFN6O+. The van der Waals surface area contributed by atoms with E-state index < -0.39 is 0 Å². The molecule has 7 nitrogen and oxygen atoms in total. The van der Waals surface area contributed by atoms with Crippen LogP contribution in [0.2, 0.25) is 5.02 Å². The highest BCUT2D eigenvalue weighted by molar-refractivity contribution is 6.31. The zero-order valence-electron chi connectivity index (χ0n) is 15.5. The number of fused-ring (bicyclic) bond motifs is 1. The van der Waals surface area contributed by atoms with Crippen molar-refractivity contribution in [2.45, 2.75) is 13.5 Å². The van der Waals surface area contributed by atoms with Crippen LogP contribution in [0, 0.1) is 24.6 Å². The highest BCUT2D eigenvalue weighted by Gasteiger charge is 2.39. The van der Waals surface area contributed by atoms with Crippen LogP contribution in [0.5, 0.6) is 0 Å². The molecule has 0 aliphatic carbocycles. The number of nitrogens with one attached hydrogen (secondary N) is 1. The first-order valence-corrected chi connectivity index (χ1v) is 9.15. The molecule has 146 valence electrons. The van der Waals surface area contributed by atoms with Gasteiger partial charge in [0.1, 0.15) is 12.0 Å². The van der Waals surface area contributed by atoms with E-state index in [0.29, 0.717) is 45.8 Å². The Hall–Kier alpha value is -3.09. The number of nitrogens with zero attached hydrogens (tertiary/aromatic N) is 4. The second kappa shape index (κ2) is 7.73. The van der Waals surface area contributed by atoms with Crippen LogP contribution >= 0.6 is 11.6 Å². The van der Waals surface area contributed by atoms with E-state index in [1.807, 2.05) is 0 Å². The third-order valence-electron chi connectivity index (χ3n) is 4.34. The van der Waals surface area contributed by atoms with Gasteiger partial charge in [0.05, 0.1) is 12.8 Å². The maximum atomic E-state index is 14.1. The summed E-state index contributed by atoms with van der Waals surface area (Å²) in [6.45, 7) is 2.29. The number of amidine groups is 2. The molecule has 3 heterocycles. The number of hydrogen-bond acceptors (Lipinski definition) is 6. The van der Waals surface area contributed by atoms with Gasteiger partial charge in [0.2, 0.25) is 0 Å². The van der Waals surface area contributed by atoms with Crippen molar-refractivity contribution in [3.8, 4) is 11.8 Å². The molecule has 4 rings (SSSR count). The van der Waals surface area contributed by atoms with E-state index in [1.165, 1.54) is 6.21 Å². The number of allylic oxidation sites excluding steroid dienone is 1. The molecule has 9 heteroatoms. The van der Waals surface area contributed by atoms with Crippen LogP contribution in [-0.2, 0) is 6.54 Å². The molecule has 0 fully saturated rings. The van der Waals surface area contributed by atoms with Crippen molar-refractivity contribution in [1.29, 1.82) is 0 Å². The van der Waals surface area contributed by atoms with Gasteiger partial charge in [0, 0.05) is 17.1 Å². The molecule has 0 saturated carbocycles. The Kier molecular flexibility index (Phi) is 5.13. The standard InChI is InChI=1S/C20H17ClFN6O/c1-13-6-7-16(21)15(19(13)22)10-24-8-2-4-14-12-28(23)18(11-25-14)26-20(27-28)17-5-3-9-29-17/h3,5-7,9,11-12,24H,8,10,23H2,1H3/q+1. The number of quaternary nitrogens is 1. The summed E-state index contributed by atoms with van der Waals surface area (Å²) in [7, 11) is 0. The van der Waals surface area contributed by atoms with Gasteiger partial charge in [-0.25, -0.2) is 9.38 Å². The van der Waals surface area contributed by atoms with E-state index in [0.717, 1.165) is 0 Å². The second-order valence-corrected chi connectivity index (χ2v) is 6.85. The number of nitrogens with two attached hydrogens (primary N) is 1. The van der Waals surface area contributed by atoms with Crippen molar-refractivity contribution in [3.05, 3.63) is 70.2 Å². The fourth-order valence-electron chi connectivity index (χ4n) is 2.82. The van der Waals surface area contributed by atoms with Gasteiger partial charge in [-0.3, -0.25) is 0 Å². The quantitative estimate of drug-likeness (QED) is 0.351. The summed E-state index contributed by atoms with van der Waals surface area (Å²) in [5.74, 6) is 13.2. The van der Waals surface area contributed by atoms with Gasteiger partial charge in [0.15, 0.2) is 17.7 Å². The molecule has 3 N–H and O–H groups in total. The molecule has 0 saturated heterocycles. The number of halogens is 2. The Morgan fingerprint density at radius 1 is 1.34 bits per heavy atom. The molecule has 0 amide bonds. The summed E-state index contributed by atoms with van der Waals surface area (Å²) < 4.78 is 19.1. The van der Waals surface area contributed by atoms with E-state index >= 15 is 0 Å². The van der Waals surface area contributed by atoms with Gasteiger partial charge in [-0.1, -0.05) is 23.6 Å². The van der Waals surface area contributed by atoms with Gasteiger partial charge in [-0.15, -0.1) is 5.84 Å². The van der Waals surface area contributed by atoms with Gasteiger partial charge in [-0.2, -0.15) is 4.99 Å². The smallest absolute Gasteiger partial charge is 0.300 e. The minimum Gasteiger partial charge on any atom is -0.461 e. The lowest BCUT2D eigenvalue weighted by molar-refractivity contribution is -0.803. The fraction of sp³-hybridized carbons (Fsp3) is 0.150. The first-order valence-electron chi connectivity index (χ1n) is 8.77. The average molecular weight is 412 g/mol. The Morgan fingerprint density at radius 2 is 2.21 bits per heavy atom. The molecular weight excluding hydrogens is 395 g/mol. The van der Waals surface area contributed by atoms with Crippen molar-refractivity contribution >= 4 is 29.5 Å².